The molecule has 1 heterocycles. The summed E-state index contributed by atoms with van der Waals surface area (Å²) in [6.45, 7) is 6.20. The molecule has 0 aromatic rings. The maximum atomic E-state index is 5.91. The molecule has 1 saturated carbocycles. The zero-order valence-corrected chi connectivity index (χ0v) is 8.71. The van der Waals surface area contributed by atoms with Gasteiger partial charge in [0.05, 0.1) is 13.2 Å². The first-order chi connectivity index (χ1) is 6.23. The fourth-order valence-electron chi connectivity index (χ4n) is 2.37. The highest BCUT2D eigenvalue weighted by atomic mass is 16.7. The van der Waals surface area contributed by atoms with E-state index in [0.717, 1.165) is 19.6 Å². The molecule has 1 aliphatic heterocycles. The largest absolute Gasteiger partial charge is 0.349 e. The van der Waals surface area contributed by atoms with Crippen LogP contribution in [0.4, 0.5) is 0 Å². The molecular formula is C11H20O2. The summed E-state index contributed by atoms with van der Waals surface area (Å²) in [5.41, 5.74) is 0. The van der Waals surface area contributed by atoms with Crippen molar-refractivity contribution in [3.05, 3.63) is 0 Å². The molecule has 0 amide bonds. The van der Waals surface area contributed by atoms with Gasteiger partial charge in [0.2, 0.25) is 0 Å². The summed E-state index contributed by atoms with van der Waals surface area (Å²) in [5.74, 6) is 0.943. The monoisotopic (exact) mass is 184 g/mol. The van der Waals surface area contributed by atoms with Crippen LogP contribution >= 0.6 is 0 Å². The average molecular weight is 184 g/mol. The first-order valence-corrected chi connectivity index (χ1v) is 5.51. The standard InChI is InChI=1S/C11H20O2/c1-9-7-12-11(13-8-9)6-4-3-5-10(11)2/h9-10H,3-8H2,1-2H3. The van der Waals surface area contributed by atoms with Gasteiger partial charge in [0.25, 0.3) is 0 Å². The summed E-state index contributed by atoms with van der Waals surface area (Å²) in [5, 5.41) is 0. The second kappa shape index (κ2) is 3.58. The summed E-state index contributed by atoms with van der Waals surface area (Å²) < 4.78 is 11.8. The zero-order chi connectivity index (χ0) is 9.31. The fourth-order valence-corrected chi connectivity index (χ4v) is 2.37. The van der Waals surface area contributed by atoms with E-state index in [4.69, 9.17) is 9.47 Å². The smallest absolute Gasteiger partial charge is 0.170 e. The van der Waals surface area contributed by atoms with Gasteiger partial charge < -0.3 is 9.47 Å². The first kappa shape index (κ1) is 9.47. The lowest BCUT2D eigenvalue weighted by Gasteiger charge is -2.46. The Kier molecular flexibility index (Phi) is 2.61. The molecule has 1 unspecified atom stereocenters. The first-order valence-electron chi connectivity index (χ1n) is 5.51. The highest BCUT2D eigenvalue weighted by Gasteiger charge is 2.42. The van der Waals surface area contributed by atoms with Gasteiger partial charge in [-0.2, -0.15) is 0 Å². The average Bonchev–Trinajstić information content (AvgIpc) is 2.15. The van der Waals surface area contributed by atoms with E-state index in [2.05, 4.69) is 13.8 Å². The Morgan fingerprint density at radius 1 is 1.08 bits per heavy atom. The van der Waals surface area contributed by atoms with E-state index >= 15 is 0 Å². The van der Waals surface area contributed by atoms with Crippen molar-refractivity contribution in [2.24, 2.45) is 11.8 Å². The summed E-state index contributed by atoms with van der Waals surface area (Å²) in [6.07, 6.45) is 4.96. The SMILES string of the molecule is CC1COC2(CCCCC2C)OC1. The maximum absolute atomic E-state index is 5.91. The van der Waals surface area contributed by atoms with Gasteiger partial charge in [0.15, 0.2) is 5.79 Å². The van der Waals surface area contributed by atoms with Crippen LogP contribution in [0.15, 0.2) is 0 Å². The van der Waals surface area contributed by atoms with Crippen molar-refractivity contribution in [1.82, 2.24) is 0 Å². The van der Waals surface area contributed by atoms with E-state index in [-0.39, 0.29) is 5.79 Å². The Bertz CT molecular complexity index is 171. The summed E-state index contributed by atoms with van der Waals surface area (Å²) >= 11 is 0. The molecule has 0 aromatic heterocycles. The number of rotatable bonds is 0. The van der Waals surface area contributed by atoms with Crippen LogP contribution in [0.2, 0.25) is 0 Å². The van der Waals surface area contributed by atoms with Gasteiger partial charge in [-0.1, -0.05) is 20.3 Å². The predicted octanol–water partition coefficient (Wildman–Crippen LogP) is 2.58. The lowest BCUT2D eigenvalue weighted by atomic mass is 9.84. The van der Waals surface area contributed by atoms with Crippen molar-refractivity contribution in [3.63, 3.8) is 0 Å². The van der Waals surface area contributed by atoms with E-state index in [9.17, 15) is 0 Å². The van der Waals surface area contributed by atoms with Crippen molar-refractivity contribution in [3.8, 4) is 0 Å². The molecule has 0 aromatic carbocycles. The van der Waals surface area contributed by atoms with E-state index in [1.54, 1.807) is 0 Å². The Morgan fingerprint density at radius 3 is 2.38 bits per heavy atom. The zero-order valence-electron chi connectivity index (χ0n) is 8.71. The molecule has 1 saturated heterocycles. The van der Waals surface area contributed by atoms with Crippen LogP contribution < -0.4 is 0 Å². The van der Waals surface area contributed by atoms with E-state index in [0.29, 0.717) is 11.8 Å². The quantitative estimate of drug-likeness (QED) is 0.576. The Balaban J connectivity index is 2.01. The van der Waals surface area contributed by atoms with Gasteiger partial charge in [-0.05, 0) is 12.8 Å². The Morgan fingerprint density at radius 2 is 1.77 bits per heavy atom. The predicted molar refractivity (Wildman–Crippen MR) is 51.4 cm³/mol. The molecule has 2 aliphatic rings. The van der Waals surface area contributed by atoms with Crippen LogP contribution in [0.3, 0.4) is 0 Å². The molecule has 1 atom stereocenters. The van der Waals surface area contributed by atoms with E-state index < -0.39 is 0 Å². The second-order valence-electron chi connectivity index (χ2n) is 4.69. The van der Waals surface area contributed by atoms with Crippen LogP contribution in [0.1, 0.15) is 39.5 Å². The van der Waals surface area contributed by atoms with Crippen molar-refractivity contribution in [2.75, 3.05) is 13.2 Å². The molecule has 2 fully saturated rings. The normalized spacial score (nSPS) is 46.6. The Hall–Kier alpha value is -0.0800. The molecule has 2 nitrogen and oxygen atoms in total. The summed E-state index contributed by atoms with van der Waals surface area (Å²) in [4.78, 5) is 0. The number of hydrogen-bond donors (Lipinski definition) is 0. The van der Waals surface area contributed by atoms with Gasteiger partial charge in [0.1, 0.15) is 0 Å². The van der Waals surface area contributed by atoms with Crippen LogP contribution in [-0.4, -0.2) is 19.0 Å². The minimum absolute atomic E-state index is 0.204. The minimum Gasteiger partial charge on any atom is -0.349 e. The van der Waals surface area contributed by atoms with Crippen LogP contribution in [0, 0.1) is 11.8 Å². The van der Waals surface area contributed by atoms with Crippen LogP contribution in [0.5, 0.6) is 0 Å². The Labute approximate surface area is 80.6 Å². The highest BCUT2D eigenvalue weighted by Crippen LogP contribution is 2.40. The van der Waals surface area contributed by atoms with Gasteiger partial charge >= 0.3 is 0 Å². The van der Waals surface area contributed by atoms with Crippen LogP contribution in [-0.2, 0) is 9.47 Å². The fraction of sp³-hybridized carbons (Fsp3) is 1.00. The second-order valence-corrected chi connectivity index (χ2v) is 4.69. The van der Waals surface area contributed by atoms with Crippen molar-refractivity contribution < 1.29 is 9.47 Å². The molecule has 1 aliphatic carbocycles. The molecular weight excluding hydrogens is 164 g/mol. The molecule has 2 heteroatoms. The summed E-state index contributed by atoms with van der Waals surface area (Å²) in [6, 6.07) is 0. The van der Waals surface area contributed by atoms with Gasteiger partial charge in [0, 0.05) is 18.3 Å². The lowest BCUT2D eigenvalue weighted by molar-refractivity contribution is -0.314. The number of hydrogen-bond acceptors (Lipinski definition) is 2. The maximum Gasteiger partial charge on any atom is 0.170 e. The molecule has 0 radical (unpaired) electrons. The number of ether oxygens (including phenoxy) is 2. The molecule has 2 rings (SSSR count). The highest BCUT2D eigenvalue weighted by molar-refractivity contribution is 4.84. The topological polar surface area (TPSA) is 18.5 Å². The third-order valence-corrected chi connectivity index (χ3v) is 3.39. The van der Waals surface area contributed by atoms with Gasteiger partial charge in [-0.25, -0.2) is 0 Å². The van der Waals surface area contributed by atoms with Gasteiger partial charge in [-0.15, -0.1) is 0 Å². The molecule has 0 N–H and O–H groups in total. The van der Waals surface area contributed by atoms with Crippen LogP contribution in [0.25, 0.3) is 0 Å². The molecule has 0 bridgehead atoms. The summed E-state index contributed by atoms with van der Waals surface area (Å²) in [7, 11) is 0. The minimum atomic E-state index is -0.204. The van der Waals surface area contributed by atoms with E-state index in [1.165, 1.54) is 19.3 Å². The lowest BCUT2D eigenvalue weighted by Crippen LogP contribution is -2.49. The molecule has 76 valence electrons. The third kappa shape index (κ3) is 1.75. The van der Waals surface area contributed by atoms with Gasteiger partial charge in [-0.3, -0.25) is 0 Å². The van der Waals surface area contributed by atoms with E-state index in [1.807, 2.05) is 0 Å². The van der Waals surface area contributed by atoms with Crippen molar-refractivity contribution in [1.29, 1.82) is 0 Å². The van der Waals surface area contributed by atoms with Crippen molar-refractivity contribution in [2.45, 2.75) is 45.3 Å². The molecule has 1 spiro atoms. The third-order valence-electron chi connectivity index (χ3n) is 3.39. The van der Waals surface area contributed by atoms with Crippen molar-refractivity contribution >= 4 is 0 Å². The molecule has 13 heavy (non-hydrogen) atoms.